The van der Waals surface area contributed by atoms with Crippen LogP contribution >= 0.6 is 0 Å². The number of nitrogens with zero attached hydrogens (tertiary/aromatic N) is 1. The summed E-state index contributed by atoms with van der Waals surface area (Å²) in [4.78, 5) is 12.8. The first-order valence-electron chi connectivity index (χ1n) is 9.64. The molecule has 0 saturated heterocycles. The van der Waals surface area contributed by atoms with Crippen LogP contribution in [0, 0.1) is 11.6 Å². The highest BCUT2D eigenvalue weighted by atomic mass is 32.2. The largest absolute Gasteiger partial charge is 0.497 e. The number of rotatable bonds is 8. The fourth-order valence-corrected chi connectivity index (χ4v) is 4.54. The van der Waals surface area contributed by atoms with Gasteiger partial charge in [-0.3, -0.25) is 4.79 Å². The molecule has 3 rings (SSSR count). The van der Waals surface area contributed by atoms with Gasteiger partial charge in [0, 0.05) is 25.2 Å². The summed E-state index contributed by atoms with van der Waals surface area (Å²) in [5.74, 6) is -2.12. The van der Waals surface area contributed by atoms with Crippen LogP contribution in [0.25, 0.3) is 0 Å². The third-order valence-corrected chi connectivity index (χ3v) is 6.82. The monoisotopic (exact) mass is 460 g/mol. The summed E-state index contributed by atoms with van der Waals surface area (Å²) in [5.41, 5.74) is 0.629. The van der Waals surface area contributed by atoms with Crippen LogP contribution in [0.5, 0.6) is 5.75 Å². The van der Waals surface area contributed by atoms with Crippen LogP contribution in [-0.2, 0) is 14.8 Å². The number of methoxy groups -OCH3 is 1. The molecule has 0 aromatic heterocycles. The molecule has 6 nitrogen and oxygen atoms in total. The van der Waals surface area contributed by atoms with Crippen LogP contribution in [0.15, 0.2) is 77.7 Å². The van der Waals surface area contributed by atoms with Crippen LogP contribution < -0.4 is 10.1 Å². The van der Waals surface area contributed by atoms with E-state index in [1.165, 1.54) is 32.4 Å². The number of ether oxygens (including phenoxy) is 1. The minimum Gasteiger partial charge on any atom is -0.497 e. The van der Waals surface area contributed by atoms with Crippen molar-refractivity contribution in [3.8, 4) is 5.75 Å². The van der Waals surface area contributed by atoms with Crippen molar-refractivity contribution in [1.82, 2.24) is 4.31 Å². The molecule has 0 aliphatic rings. The summed E-state index contributed by atoms with van der Waals surface area (Å²) in [5, 5.41) is 2.49. The van der Waals surface area contributed by atoms with Crippen molar-refractivity contribution < 1.29 is 26.7 Å². The molecule has 3 aromatic carbocycles. The van der Waals surface area contributed by atoms with E-state index < -0.39 is 33.6 Å². The third-order valence-electron chi connectivity index (χ3n) is 4.94. The standard InChI is InChI=1S/C23H22F2N2O4S/c1-27(32(29,30)19-6-4-3-5-7-19)22(16-8-11-18(31-2)12-9-16)15-23(28)26-17-10-13-20(24)21(25)14-17/h3-14,22H,15H2,1-2H3,(H,26,28)/t22-/m1/s1. The lowest BCUT2D eigenvalue weighted by Gasteiger charge is -2.28. The molecular weight excluding hydrogens is 438 g/mol. The number of carbonyl (C=O) groups is 1. The van der Waals surface area contributed by atoms with Crippen LogP contribution in [0.3, 0.4) is 0 Å². The molecule has 0 heterocycles. The number of sulfonamides is 1. The number of halogens is 2. The van der Waals surface area contributed by atoms with Gasteiger partial charge in [-0.2, -0.15) is 4.31 Å². The molecule has 3 aromatic rings. The number of hydrogen-bond acceptors (Lipinski definition) is 4. The molecule has 1 atom stereocenters. The minimum absolute atomic E-state index is 0.0657. The molecule has 1 N–H and O–H groups in total. The van der Waals surface area contributed by atoms with Crippen LogP contribution in [0.2, 0.25) is 0 Å². The molecule has 0 saturated carbocycles. The fraction of sp³-hybridized carbons (Fsp3) is 0.174. The molecule has 168 valence electrons. The minimum atomic E-state index is -3.92. The van der Waals surface area contributed by atoms with E-state index in [0.717, 1.165) is 16.4 Å². The van der Waals surface area contributed by atoms with Crippen molar-refractivity contribution in [3.63, 3.8) is 0 Å². The zero-order chi connectivity index (χ0) is 23.3. The second kappa shape index (κ2) is 9.88. The third kappa shape index (κ3) is 5.30. The normalized spacial score (nSPS) is 12.4. The van der Waals surface area contributed by atoms with Gasteiger partial charge in [0.25, 0.3) is 0 Å². The summed E-state index contributed by atoms with van der Waals surface area (Å²) in [6.07, 6.45) is -0.256. The summed E-state index contributed by atoms with van der Waals surface area (Å²) < 4.78 is 59.2. The quantitative estimate of drug-likeness (QED) is 0.542. The van der Waals surface area contributed by atoms with E-state index >= 15 is 0 Å². The van der Waals surface area contributed by atoms with E-state index in [4.69, 9.17) is 4.74 Å². The Labute approximate surface area is 185 Å². The topological polar surface area (TPSA) is 75.7 Å². The van der Waals surface area contributed by atoms with E-state index in [2.05, 4.69) is 5.32 Å². The first kappa shape index (κ1) is 23.4. The Bertz CT molecular complexity index is 1190. The molecule has 0 radical (unpaired) electrons. The molecule has 0 bridgehead atoms. The van der Waals surface area contributed by atoms with E-state index in [-0.39, 0.29) is 17.0 Å². The molecule has 0 spiro atoms. The van der Waals surface area contributed by atoms with E-state index in [1.54, 1.807) is 42.5 Å². The highest BCUT2D eigenvalue weighted by Gasteiger charge is 2.31. The maximum Gasteiger partial charge on any atom is 0.243 e. The summed E-state index contributed by atoms with van der Waals surface area (Å²) in [6, 6.07) is 16.7. The predicted octanol–water partition coefficient (Wildman–Crippen LogP) is 4.36. The van der Waals surface area contributed by atoms with Gasteiger partial charge in [-0.1, -0.05) is 30.3 Å². The summed E-state index contributed by atoms with van der Waals surface area (Å²) >= 11 is 0. The van der Waals surface area contributed by atoms with Gasteiger partial charge in [-0.15, -0.1) is 0 Å². The van der Waals surface area contributed by atoms with Gasteiger partial charge in [0.15, 0.2) is 11.6 Å². The number of carbonyl (C=O) groups excluding carboxylic acids is 1. The number of anilines is 1. The van der Waals surface area contributed by atoms with Gasteiger partial charge in [0.1, 0.15) is 5.75 Å². The lowest BCUT2D eigenvalue weighted by atomic mass is 10.0. The van der Waals surface area contributed by atoms with Crippen LogP contribution in [0.4, 0.5) is 14.5 Å². The Morgan fingerprint density at radius 2 is 1.66 bits per heavy atom. The maximum absolute atomic E-state index is 13.5. The average Bonchev–Trinajstić information content (AvgIpc) is 2.80. The summed E-state index contributed by atoms with van der Waals surface area (Å²) in [7, 11) is -1.02. The Morgan fingerprint density at radius 3 is 2.25 bits per heavy atom. The lowest BCUT2D eigenvalue weighted by molar-refractivity contribution is -0.117. The van der Waals surface area contributed by atoms with Crippen molar-refractivity contribution in [3.05, 3.63) is 90.0 Å². The maximum atomic E-state index is 13.5. The smallest absolute Gasteiger partial charge is 0.243 e. The van der Waals surface area contributed by atoms with Crippen molar-refractivity contribution in [2.45, 2.75) is 17.4 Å². The average molecular weight is 461 g/mol. The van der Waals surface area contributed by atoms with Crippen molar-refractivity contribution in [1.29, 1.82) is 0 Å². The van der Waals surface area contributed by atoms with Crippen LogP contribution in [-0.4, -0.2) is 32.8 Å². The summed E-state index contributed by atoms with van der Waals surface area (Å²) in [6.45, 7) is 0. The van der Waals surface area contributed by atoms with E-state index in [9.17, 15) is 22.0 Å². The first-order valence-corrected chi connectivity index (χ1v) is 11.1. The Morgan fingerprint density at radius 1 is 1.00 bits per heavy atom. The zero-order valence-electron chi connectivity index (χ0n) is 17.5. The van der Waals surface area contributed by atoms with Gasteiger partial charge in [0.05, 0.1) is 18.0 Å². The lowest BCUT2D eigenvalue weighted by Crippen LogP contribution is -2.33. The van der Waals surface area contributed by atoms with Gasteiger partial charge in [0.2, 0.25) is 15.9 Å². The molecule has 32 heavy (non-hydrogen) atoms. The Hall–Kier alpha value is -3.30. The molecule has 0 aliphatic heterocycles. The zero-order valence-corrected chi connectivity index (χ0v) is 18.3. The molecule has 0 aliphatic carbocycles. The fourth-order valence-electron chi connectivity index (χ4n) is 3.17. The molecule has 9 heteroatoms. The number of nitrogens with one attached hydrogen (secondary N) is 1. The molecule has 0 fully saturated rings. The van der Waals surface area contributed by atoms with E-state index in [0.29, 0.717) is 11.3 Å². The number of amides is 1. The molecule has 1 amide bonds. The number of benzene rings is 3. The van der Waals surface area contributed by atoms with Gasteiger partial charge < -0.3 is 10.1 Å². The highest BCUT2D eigenvalue weighted by Crippen LogP contribution is 2.30. The second-order valence-corrected chi connectivity index (χ2v) is 9.00. The Kier molecular flexibility index (Phi) is 7.22. The van der Waals surface area contributed by atoms with E-state index in [1.807, 2.05) is 0 Å². The van der Waals surface area contributed by atoms with Crippen molar-refractivity contribution in [2.75, 3.05) is 19.5 Å². The Balaban J connectivity index is 1.91. The second-order valence-electron chi connectivity index (χ2n) is 7.00. The van der Waals surface area contributed by atoms with Gasteiger partial charge >= 0.3 is 0 Å². The van der Waals surface area contributed by atoms with Gasteiger partial charge in [-0.05, 0) is 42.0 Å². The molecule has 0 unspecified atom stereocenters. The highest BCUT2D eigenvalue weighted by molar-refractivity contribution is 7.89. The number of hydrogen-bond donors (Lipinski definition) is 1. The molecular formula is C23H22F2N2O4S. The van der Waals surface area contributed by atoms with Crippen molar-refractivity contribution >= 4 is 21.6 Å². The van der Waals surface area contributed by atoms with Crippen LogP contribution in [0.1, 0.15) is 18.0 Å². The van der Waals surface area contributed by atoms with Gasteiger partial charge in [-0.25, -0.2) is 17.2 Å². The van der Waals surface area contributed by atoms with Crippen molar-refractivity contribution in [2.24, 2.45) is 0 Å². The first-order chi connectivity index (χ1) is 15.2. The SMILES string of the molecule is COc1ccc([C@@H](CC(=O)Nc2ccc(F)c(F)c2)N(C)S(=O)(=O)c2ccccc2)cc1. The predicted molar refractivity (Wildman–Crippen MR) is 117 cm³/mol.